The van der Waals surface area contributed by atoms with E-state index >= 15 is 0 Å². The number of nitrogens with two attached hydrogens (primary N) is 1. The molecule has 0 saturated carbocycles. The highest BCUT2D eigenvalue weighted by molar-refractivity contribution is 6.46. The van der Waals surface area contributed by atoms with Gasteiger partial charge in [-0.25, -0.2) is 0 Å². The van der Waals surface area contributed by atoms with Crippen molar-refractivity contribution in [1.29, 1.82) is 0 Å². The summed E-state index contributed by atoms with van der Waals surface area (Å²) in [6, 6.07) is 0. The minimum absolute atomic E-state index is 0.0917. The van der Waals surface area contributed by atoms with Crippen LogP contribution in [0.3, 0.4) is 0 Å². The molecule has 7 heteroatoms. The molecule has 1 atom stereocenters. The molecule has 1 rings (SSSR count). The first-order valence-electron chi connectivity index (χ1n) is 8.14. The predicted molar refractivity (Wildman–Crippen MR) is 92.4 cm³/mol. The number of aliphatic hydroxyl groups is 1. The van der Waals surface area contributed by atoms with E-state index in [2.05, 4.69) is 4.99 Å². The number of aliphatic imine (C=N–C) groups is 1. The fraction of sp³-hybridized carbons (Fsp3) is 0.812. The Morgan fingerprint density at radius 3 is 2.70 bits per heavy atom. The van der Waals surface area contributed by atoms with E-state index in [4.69, 9.17) is 19.9 Å². The Bertz CT molecular complexity index is 399. The van der Waals surface area contributed by atoms with Crippen molar-refractivity contribution in [2.24, 2.45) is 10.7 Å². The summed E-state index contributed by atoms with van der Waals surface area (Å²) in [5, 5.41) is 10.0. The van der Waals surface area contributed by atoms with Crippen molar-refractivity contribution in [3.63, 3.8) is 0 Å². The van der Waals surface area contributed by atoms with E-state index < -0.39 is 11.2 Å². The fourth-order valence-electron chi connectivity index (χ4n) is 1.72. The standard InChI is InChI=1S/C16H30BN2O4/c1-15(2,20)16(3,4)23-17-13(11-18)12-19-8-10-22-14-7-5-6-9-21-14/h11-12,14,20H,5-10,18H2,1-4H3. The van der Waals surface area contributed by atoms with Gasteiger partial charge in [0.2, 0.25) is 0 Å². The summed E-state index contributed by atoms with van der Waals surface area (Å²) in [4.78, 5) is 4.26. The van der Waals surface area contributed by atoms with Crippen molar-refractivity contribution in [2.75, 3.05) is 19.8 Å². The van der Waals surface area contributed by atoms with Gasteiger partial charge in [-0.2, -0.15) is 0 Å². The Labute approximate surface area is 140 Å². The highest BCUT2D eigenvalue weighted by Crippen LogP contribution is 2.24. The second-order valence-corrected chi connectivity index (χ2v) is 6.67. The average Bonchev–Trinajstić information content (AvgIpc) is 2.50. The quantitative estimate of drug-likeness (QED) is 0.382. The van der Waals surface area contributed by atoms with Crippen molar-refractivity contribution in [3.05, 3.63) is 11.7 Å². The van der Waals surface area contributed by atoms with E-state index in [1.807, 2.05) is 13.8 Å². The second kappa shape index (κ2) is 9.42. The van der Waals surface area contributed by atoms with E-state index in [-0.39, 0.29) is 6.29 Å². The minimum atomic E-state index is -0.978. The summed E-state index contributed by atoms with van der Waals surface area (Å²) >= 11 is 0. The van der Waals surface area contributed by atoms with Crippen molar-refractivity contribution in [1.82, 2.24) is 0 Å². The third kappa shape index (κ3) is 7.48. The zero-order valence-electron chi connectivity index (χ0n) is 14.7. The van der Waals surface area contributed by atoms with Crippen LogP contribution in [0.1, 0.15) is 47.0 Å². The largest absolute Gasteiger partial charge is 0.427 e. The Morgan fingerprint density at radius 1 is 1.39 bits per heavy atom. The lowest BCUT2D eigenvalue weighted by Crippen LogP contribution is -2.48. The molecule has 0 aromatic rings. The Balaban J connectivity index is 2.27. The zero-order valence-corrected chi connectivity index (χ0v) is 14.7. The normalized spacial score (nSPS) is 20.9. The molecule has 1 aliphatic rings. The van der Waals surface area contributed by atoms with E-state index in [1.165, 1.54) is 13.7 Å². The lowest BCUT2D eigenvalue weighted by Gasteiger charge is -2.37. The molecule has 0 amide bonds. The maximum absolute atomic E-state index is 10.0. The van der Waals surface area contributed by atoms with Crippen LogP contribution in [0.25, 0.3) is 0 Å². The van der Waals surface area contributed by atoms with Gasteiger partial charge in [0, 0.05) is 12.8 Å². The minimum Gasteiger partial charge on any atom is -0.427 e. The molecule has 23 heavy (non-hydrogen) atoms. The molecule has 3 N–H and O–H groups in total. The molecule has 1 radical (unpaired) electrons. The Hall–Kier alpha value is -0.885. The molecular formula is C16H30BN2O4. The SMILES string of the molecule is CC(C)(O)C(C)(C)O[B]C(C=NCCOC1CCCCO1)=CN. The monoisotopic (exact) mass is 325 g/mol. The Morgan fingerprint density at radius 2 is 2.13 bits per heavy atom. The summed E-state index contributed by atoms with van der Waals surface area (Å²) in [6.45, 7) is 8.84. The van der Waals surface area contributed by atoms with E-state index in [9.17, 15) is 5.11 Å². The summed E-state index contributed by atoms with van der Waals surface area (Å²) in [5.41, 5.74) is 4.48. The van der Waals surface area contributed by atoms with Gasteiger partial charge >= 0.3 is 7.48 Å². The smallest absolute Gasteiger partial charge is 0.333 e. The lowest BCUT2D eigenvalue weighted by atomic mass is 9.83. The average molecular weight is 325 g/mol. The molecule has 1 unspecified atom stereocenters. The van der Waals surface area contributed by atoms with Crippen LogP contribution in [0.5, 0.6) is 0 Å². The number of allylic oxidation sites excluding steroid dienone is 1. The van der Waals surface area contributed by atoms with Crippen LogP contribution >= 0.6 is 0 Å². The summed E-state index contributed by atoms with van der Waals surface area (Å²) < 4.78 is 16.7. The van der Waals surface area contributed by atoms with Gasteiger partial charge in [0.15, 0.2) is 6.29 Å². The molecule has 1 saturated heterocycles. The van der Waals surface area contributed by atoms with Crippen LogP contribution in [0.2, 0.25) is 0 Å². The first-order valence-corrected chi connectivity index (χ1v) is 8.14. The lowest BCUT2D eigenvalue weighted by molar-refractivity contribution is -0.160. The van der Waals surface area contributed by atoms with Crippen molar-refractivity contribution in [3.8, 4) is 0 Å². The van der Waals surface area contributed by atoms with Gasteiger partial charge in [-0.1, -0.05) is 0 Å². The van der Waals surface area contributed by atoms with Crippen LogP contribution in [-0.4, -0.2) is 56.1 Å². The van der Waals surface area contributed by atoms with Crippen LogP contribution < -0.4 is 5.73 Å². The molecule has 0 aliphatic carbocycles. The van der Waals surface area contributed by atoms with E-state index in [0.29, 0.717) is 18.6 Å². The number of hydrogen-bond acceptors (Lipinski definition) is 6. The Kier molecular flexibility index (Phi) is 8.26. The second-order valence-electron chi connectivity index (χ2n) is 6.67. The molecule has 0 aromatic heterocycles. The maximum atomic E-state index is 10.0. The topological polar surface area (TPSA) is 86.3 Å². The number of nitrogens with zero attached hydrogens (tertiary/aromatic N) is 1. The summed E-state index contributed by atoms with van der Waals surface area (Å²) in [5.74, 6) is 0. The first kappa shape index (κ1) is 20.2. The van der Waals surface area contributed by atoms with Crippen molar-refractivity contribution in [2.45, 2.75) is 64.4 Å². The van der Waals surface area contributed by atoms with Crippen molar-refractivity contribution >= 4 is 13.7 Å². The fourth-order valence-corrected chi connectivity index (χ4v) is 1.72. The molecular weight excluding hydrogens is 295 g/mol. The maximum Gasteiger partial charge on any atom is 0.333 e. The number of rotatable bonds is 9. The van der Waals surface area contributed by atoms with Crippen LogP contribution in [0.15, 0.2) is 16.7 Å². The van der Waals surface area contributed by atoms with Crippen LogP contribution in [0.4, 0.5) is 0 Å². The van der Waals surface area contributed by atoms with Gasteiger partial charge in [-0.15, -0.1) is 0 Å². The molecule has 0 spiro atoms. The molecule has 0 bridgehead atoms. The predicted octanol–water partition coefficient (Wildman–Crippen LogP) is 1.59. The summed E-state index contributed by atoms with van der Waals surface area (Å²) in [6.07, 6.45) is 6.16. The van der Waals surface area contributed by atoms with Crippen molar-refractivity contribution < 1.29 is 19.2 Å². The number of ether oxygens (including phenoxy) is 2. The van der Waals surface area contributed by atoms with Gasteiger partial charge < -0.3 is 25.0 Å². The van der Waals surface area contributed by atoms with Gasteiger partial charge in [0.05, 0.1) is 24.4 Å². The molecule has 1 fully saturated rings. The molecule has 1 heterocycles. The third-order valence-electron chi connectivity index (χ3n) is 4.06. The molecule has 1 aliphatic heterocycles. The van der Waals surface area contributed by atoms with E-state index in [0.717, 1.165) is 25.9 Å². The number of hydrogen-bond donors (Lipinski definition) is 2. The highest BCUT2D eigenvalue weighted by atomic mass is 16.7. The van der Waals surface area contributed by atoms with Gasteiger partial charge in [-0.3, -0.25) is 4.99 Å². The molecule has 131 valence electrons. The zero-order chi connectivity index (χ0) is 17.3. The third-order valence-corrected chi connectivity index (χ3v) is 4.06. The van der Waals surface area contributed by atoms with Crippen LogP contribution in [0, 0.1) is 0 Å². The van der Waals surface area contributed by atoms with Gasteiger partial charge in [0.25, 0.3) is 0 Å². The molecule has 0 aromatic carbocycles. The van der Waals surface area contributed by atoms with Gasteiger partial charge in [-0.05, 0) is 58.6 Å². The molecule has 6 nitrogen and oxygen atoms in total. The van der Waals surface area contributed by atoms with E-state index in [1.54, 1.807) is 20.1 Å². The van der Waals surface area contributed by atoms with Crippen LogP contribution in [-0.2, 0) is 14.1 Å². The first-order chi connectivity index (χ1) is 10.8. The van der Waals surface area contributed by atoms with Gasteiger partial charge in [0.1, 0.15) is 0 Å². The summed E-state index contributed by atoms with van der Waals surface area (Å²) in [7, 11) is 1.51. The highest BCUT2D eigenvalue weighted by Gasteiger charge is 2.35.